The summed E-state index contributed by atoms with van der Waals surface area (Å²) in [5.74, 6) is 1.68. The van der Waals surface area contributed by atoms with Gasteiger partial charge in [0, 0.05) is 32.0 Å². The first kappa shape index (κ1) is 22.1. The molecular formula is C22H34N2O4. The van der Waals surface area contributed by atoms with E-state index in [1.165, 1.54) is 0 Å². The van der Waals surface area contributed by atoms with E-state index in [2.05, 4.69) is 12.2 Å². The van der Waals surface area contributed by atoms with Gasteiger partial charge in [0.2, 0.25) is 11.8 Å². The maximum Gasteiger partial charge on any atom is 0.225 e. The van der Waals surface area contributed by atoms with Crippen LogP contribution >= 0.6 is 0 Å². The van der Waals surface area contributed by atoms with Crippen LogP contribution in [0.4, 0.5) is 0 Å². The standard InChI is InChI=1S/C22H34N2O4/c1-5-6-13-24(2)22(26)18-10-8-17(9-11-18)21(25)23-15-16-7-12-19(27-3)20(14-16)28-4/h7,12,14,17-18H,5-6,8-11,13,15H2,1-4H3,(H,23,25). The minimum absolute atomic E-state index is 0.00913. The minimum Gasteiger partial charge on any atom is -0.493 e. The molecule has 1 aromatic rings. The smallest absolute Gasteiger partial charge is 0.225 e. The van der Waals surface area contributed by atoms with Gasteiger partial charge >= 0.3 is 0 Å². The molecule has 6 heteroatoms. The average molecular weight is 391 g/mol. The van der Waals surface area contributed by atoms with Gasteiger partial charge in [-0.1, -0.05) is 19.4 Å². The Bertz CT molecular complexity index is 654. The minimum atomic E-state index is -0.00913. The van der Waals surface area contributed by atoms with Gasteiger partial charge in [-0.2, -0.15) is 0 Å². The van der Waals surface area contributed by atoms with Crippen LogP contribution in [-0.4, -0.2) is 44.5 Å². The zero-order valence-electron chi connectivity index (χ0n) is 17.6. The number of carbonyl (C=O) groups is 2. The molecule has 0 heterocycles. The number of methoxy groups -OCH3 is 2. The number of nitrogens with zero attached hydrogens (tertiary/aromatic N) is 1. The van der Waals surface area contributed by atoms with E-state index in [1.807, 2.05) is 30.1 Å². The van der Waals surface area contributed by atoms with E-state index in [9.17, 15) is 9.59 Å². The predicted octanol–water partition coefficient (Wildman–Crippen LogP) is 3.38. The number of hydrogen-bond acceptors (Lipinski definition) is 4. The molecule has 0 saturated heterocycles. The summed E-state index contributed by atoms with van der Waals surface area (Å²) in [6.07, 6.45) is 5.26. The summed E-state index contributed by atoms with van der Waals surface area (Å²) < 4.78 is 10.5. The van der Waals surface area contributed by atoms with Gasteiger partial charge in [0.25, 0.3) is 0 Å². The quantitative estimate of drug-likeness (QED) is 0.702. The van der Waals surface area contributed by atoms with E-state index in [4.69, 9.17) is 9.47 Å². The molecule has 0 aliphatic heterocycles. The highest BCUT2D eigenvalue weighted by Crippen LogP contribution is 2.31. The second-order valence-corrected chi connectivity index (χ2v) is 7.57. The summed E-state index contributed by atoms with van der Waals surface area (Å²) in [6.45, 7) is 3.41. The van der Waals surface area contributed by atoms with Crippen LogP contribution in [0.2, 0.25) is 0 Å². The third kappa shape index (κ3) is 5.88. The second kappa shape index (κ2) is 10.9. The van der Waals surface area contributed by atoms with Crippen LogP contribution in [0.3, 0.4) is 0 Å². The Morgan fingerprint density at radius 2 is 1.71 bits per heavy atom. The molecule has 28 heavy (non-hydrogen) atoms. The topological polar surface area (TPSA) is 67.9 Å². The highest BCUT2D eigenvalue weighted by molar-refractivity contribution is 5.81. The number of unbranched alkanes of at least 4 members (excludes halogenated alkanes) is 1. The van der Waals surface area contributed by atoms with Crippen LogP contribution in [0, 0.1) is 11.8 Å². The lowest BCUT2D eigenvalue weighted by Crippen LogP contribution is -2.38. The highest BCUT2D eigenvalue weighted by atomic mass is 16.5. The monoisotopic (exact) mass is 390 g/mol. The fraction of sp³-hybridized carbons (Fsp3) is 0.636. The molecule has 1 aliphatic rings. The highest BCUT2D eigenvalue weighted by Gasteiger charge is 2.31. The van der Waals surface area contributed by atoms with Gasteiger partial charge in [-0.25, -0.2) is 0 Å². The first-order chi connectivity index (χ1) is 13.5. The first-order valence-electron chi connectivity index (χ1n) is 10.2. The molecule has 0 unspecified atom stereocenters. The van der Waals surface area contributed by atoms with Crippen molar-refractivity contribution in [1.82, 2.24) is 10.2 Å². The van der Waals surface area contributed by atoms with Crippen LogP contribution in [-0.2, 0) is 16.1 Å². The molecule has 0 spiro atoms. The molecule has 0 atom stereocenters. The van der Waals surface area contributed by atoms with Gasteiger partial charge < -0.3 is 19.7 Å². The molecule has 1 saturated carbocycles. The summed E-state index contributed by atoms with van der Waals surface area (Å²) in [5.41, 5.74) is 0.965. The molecule has 0 aromatic heterocycles. The van der Waals surface area contributed by atoms with Crippen molar-refractivity contribution in [3.8, 4) is 11.5 Å². The van der Waals surface area contributed by atoms with Crippen molar-refractivity contribution >= 4 is 11.8 Å². The van der Waals surface area contributed by atoms with Gasteiger partial charge in [0.05, 0.1) is 14.2 Å². The zero-order valence-corrected chi connectivity index (χ0v) is 17.6. The molecule has 2 rings (SSSR count). The average Bonchev–Trinajstić information content (AvgIpc) is 2.74. The third-order valence-corrected chi connectivity index (χ3v) is 5.59. The van der Waals surface area contributed by atoms with E-state index in [-0.39, 0.29) is 23.7 Å². The Balaban J connectivity index is 1.80. The molecule has 156 valence electrons. The lowest BCUT2D eigenvalue weighted by atomic mass is 9.81. The lowest BCUT2D eigenvalue weighted by molar-refractivity contribution is -0.137. The van der Waals surface area contributed by atoms with E-state index >= 15 is 0 Å². The van der Waals surface area contributed by atoms with Crippen LogP contribution in [0.1, 0.15) is 51.0 Å². The Hall–Kier alpha value is -2.24. The summed E-state index contributed by atoms with van der Waals surface area (Å²) in [7, 11) is 5.08. The van der Waals surface area contributed by atoms with Gasteiger partial charge in [0.1, 0.15) is 0 Å². The zero-order chi connectivity index (χ0) is 20.5. The van der Waals surface area contributed by atoms with E-state index < -0.39 is 0 Å². The molecule has 1 aromatic carbocycles. The van der Waals surface area contributed by atoms with E-state index in [0.717, 1.165) is 50.6 Å². The molecular weight excluding hydrogens is 356 g/mol. The van der Waals surface area contributed by atoms with Crippen molar-refractivity contribution in [2.75, 3.05) is 27.8 Å². The normalized spacial score (nSPS) is 19.0. The van der Waals surface area contributed by atoms with Gasteiger partial charge in [-0.3, -0.25) is 9.59 Å². The predicted molar refractivity (Wildman–Crippen MR) is 109 cm³/mol. The largest absolute Gasteiger partial charge is 0.493 e. The summed E-state index contributed by atoms with van der Waals surface area (Å²) in [6, 6.07) is 5.64. The van der Waals surface area contributed by atoms with E-state index in [0.29, 0.717) is 18.0 Å². The number of ether oxygens (including phenoxy) is 2. The number of carbonyl (C=O) groups excluding carboxylic acids is 2. The molecule has 1 aliphatic carbocycles. The Kier molecular flexibility index (Phi) is 8.61. The van der Waals surface area contributed by atoms with Gasteiger partial charge in [-0.05, 0) is 49.8 Å². The van der Waals surface area contributed by atoms with Gasteiger partial charge in [-0.15, -0.1) is 0 Å². The van der Waals surface area contributed by atoms with Crippen LogP contribution < -0.4 is 14.8 Å². The van der Waals surface area contributed by atoms with Crippen molar-refractivity contribution in [3.63, 3.8) is 0 Å². The second-order valence-electron chi connectivity index (χ2n) is 7.57. The number of amides is 2. The van der Waals surface area contributed by atoms with Crippen molar-refractivity contribution in [2.45, 2.75) is 52.0 Å². The summed E-state index contributed by atoms with van der Waals surface area (Å²) in [5, 5.41) is 3.02. The molecule has 2 amide bonds. The number of rotatable bonds is 9. The lowest BCUT2D eigenvalue weighted by Gasteiger charge is -2.30. The third-order valence-electron chi connectivity index (χ3n) is 5.59. The van der Waals surface area contributed by atoms with Crippen LogP contribution in [0.25, 0.3) is 0 Å². The Morgan fingerprint density at radius 1 is 1.07 bits per heavy atom. The fourth-order valence-electron chi connectivity index (χ4n) is 3.74. The molecule has 1 N–H and O–H groups in total. The number of nitrogens with one attached hydrogen (secondary N) is 1. The Labute approximate surface area is 168 Å². The molecule has 6 nitrogen and oxygen atoms in total. The molecule has 0 bridgehead atoms. The van der Waals surface area contributed by atoms with Crippen LogP contribution in [0.15, 0.2) is 18.2 Å². The first-order valence-corrected chi connectivity index (χ1v) is 10.2. The maximum atomic E-state index is 12.5. The van der Waals surface area contributed by atoms with Gasteiger partial charge in [0.15, 0.2) is 11.5 Å². The Morgan fingerprint density at radius 3 is 2.32 bits per heavy atom. The van der Waals surface area contributed by atoms with Crippen molar-refractivity contribution in [3.05, 3.63) is 23.8 Å². The summed E-state index contributed by atoms with van der Waals surface area (Å²) >= 11 is 0. The number of hydrogen-bond donors (Lipinski definition) is 1. The summed E-state index contributed by atoms with van der Waals surface area (Å²) in [4.78, 5) is 26.9. The van der Waals surface area contributed by atoms with Crippen LogP contribution in [0.5, 0.6) is 11.5 Å². The molecule has 1 fully saturated rings. The van der Waals surface area contributed by atoms with Crippen molar-refractivity contribution in [1.29, 1.82) is 0 Å². The number of benzene rings is 1. The molecule has 0 radical (unpaired) electrons. The van der Waals surface area contributed by atoms with Crippen molar-refractivity contribution in [2.24, 2.45) is 11.8 Å². The maximum absolute atomic E-state index is 12.5. The van der Waals surface area contributed by atoms with E-state index in [1.54, 1.807) is 14.2 Å². The SMILES string of the molecule is CCCCN(C)C(=O)C1CCC(C(=O)NCc2ccc(OC)c(OC)c2)CC1. The fourth-order valence-corrected chi connectivity index (χ4v) is 3.74. The van der Waals surface area contributed by atoms with Crippen molar-refractivity contribution < 1.29 is 19.1 Å².